The Morgan fingerprint density at radius 1 is 1.35 bits per heavy atom. The van der Waals surface area contributed by atoms with Gasteiger partial charge in [0.05, 0.1) is 10.2 Å². The van der Waals surface area contributed by atoms with Gasteiger partial charge in [0.1, 0.15) is 11.6 Å². The molecule has 6 heteroatoms. The molecule has 0 aliphatic heterocycles. The number of anilines is 1. The fraction of sp³-hybridized carbons (Fsp3) is 0.364. The molecule has 0 radical (unpaired) electrons. The van der Waals surface area contributed by atoms with Crippen molar-refractivity contribution in [3.05, 3.63) is 33.9 Å². The molecule has 2 aromatic rings. The van der Waals surface area contributed by atoms with Crippen LogP contribution in [0.1, 0.15) is 17.2 Å². The molecule has 0 saturated heterocycles. The van der Waals surface area contributed by atoms with Crippen molar-refractivity contribution in [2.24, 2.45) is 0 Å². The quantitative estimate of drug-likeness (QED) is 0.908. The highest BCUT2D eigenvalue weighted by Crippen LogP contribution is 2.22. The van der Waals surface area contributed by atoms with E-state index >= 15 is 0 Å². The summed E-state index contributed by atoms with van der Waals surface area (Å²) in [6.45, 7) is 4.65. The van der Waals surface area contributed by atoms with Gasteiger partial charge in [0, 0.05) is 24.9 Å². The van der Waals surface area contributed by atoms with E-state index in [2.05, 4.69) is 41.4 Å². The lowest BCUT2D eigenvalue weighted by Crippen LogP contribution is -2.09. The number of nitrogens with one attached hydrogen (secondary N) is 2. The first-order chi connectivity index (χ1) is 8.16. The summed E-state index contributed by atoms with van der Waals surface area (Å²) in [7, 11) is 0. The molecule has 0 amide bonds. The summed E-state index contributed by atoms with van der Waals surface area (Å²) in [6, 6.07) is 1.97. The minimum Gasteiger partial charge on any atom is -0.369 e. The zero-order chi connectivity index (χ0) is 12.3. The smallest absolute Gasteiger partial charge is 0.144 e. The molecular formula is C11H14BrN5. The number of aromatic nitrogens is 4. The number of aryl methyl sites for hydroxylation is 2. The van der Waals surface area contributed by atoms with Gasteiger partial charge in [-0.25, -0.2) is 9.97 Å². The average molecular weight is 296 g/mol. The fourth-order valence-corrected chi connectivity index (χ4v) is 1.87. The Hall–Kier alpha value is -1.43. The molecule has 0 bridgehead atoms. The number of H-pyrrole nitrogens is 1. The Balaban J connectivity index is 1.99. The van der Waals surface area contributed by atoms with E-state index in [4.69, 9.17) is 0 Å². The van der Waals surface area contributed by atoms with Crippen molar-refractivity contribution in [2.75, 3.05) is 11.9 Å². The van der Waals surface area contributed by atoms with Gasteiger partial charge in [0.2, 0.25) is 0 Å². The predicted octanol–water partition coefficient (Wildman–Crippen LogP) is 2.23. The summed E-state index contributed by atoms with van der Waals surface area (Å²) >= 11 is 3.49. The largest absolute Gasteiger partial charge is 0.369 e. The third-order valence-corrected chi connectivity index (χ3v) is 3.32. The highest BCUT2D eigenvalue weighted by atomic mass is 79.9. The van der Waals surface area contributed by atoms with Crippen molar-refractivity contribution in [3.8, 4) is 0 Å². The van der Waals surface area contributed by atoms with Gasteiger partial charge in [0.15, 0.2) is 0 Å². The molecule has 2 rings (SSSR count). The normalized spacial score (nSPS) is 10.5. The van der Waals surface area contributed by atoms with Crippen LogP contribution in [0.4, 0.5) is 5.82 Å². The topological polar surface area (TPSA) is 66.5 Å². The fourth-order valence-electron chi connectivity index (χ4n) is 1.56. The van der Waals surface area contributed by atoms with Gasteiger partial charge in [-0.2, -0.15) is 5.10 Å². The van der Waals surface area contributed by atoms with Gasteiger partial charge < -0.3 is 5.32 Å². The summed E-state index contributed by atoms with van der Waals surface area (Å²) < 4.78 is 0.924. The van der Waals surface area contributed by atoms with Crippen LogP contribution in [0.15, 0.2) is 16.7 Å². The van der Waals surface area contributed by atoms with E-state index in [0.717, 1.165) is 40.5 Å². The number of aromatic amines is 1. The lowest BCUT2D eigenvalue weighted by Gasteiger charge is -2.09. The first kappa shape index (κ1) is 12.0. The second-order valence-corrected chi connectivity index (χ2v) is 4.57. The van der Waals surface area contributed by atoms with Crippen LogP contribution in [0.5, 0.6) is 0 Å². The molecule has 17 heavy (non-hydrogen) atoms. The van der Waals surface area contributed by atoms with Crippen LogP contribution in [0.2, 0.25) is 0 Å². The Kier molecular flexibility index (Phi) is 3.73. The van der Waals surface area contributed by atoms with E-state index in [1.54, 1.807) is 6.20 Å². The Morgan fingerprint density at radius 3 is 2.88 bits per heavy atom. The van der Waals surface area contributed by atoms with Crippen molar-refractivity contribution in [3.63, 3.8) is 0 Å². The molecule has 0 saturated carbocycles. The predicted molar refractivity (Wildman–Crippen MR) is 70.0 cm³/mol. The molecule has 2 aromatic heterocycles. The number of hydrogen-bond acceptors (Lipinski definition) is 4. The molecule has 0 aliphatic carbocycles. The standard InChI is InChI=1S/C11H14BrN5/c1-7-10(12)11(16-8(2)15-7)13-5-3-9-4-6-14-17-9/h4,6H,3,5H2,1-2H3,(H,14,17)(H,13,15,16). The van der Waals surface area contributed by atoms with E-state index in [1.165, 1.54) is 0 Å². The van der Waals surface area contributed by atoms with E-state index in [0.29, 0.717) is 0 Å². The molecule has 0 atom stereocenters. The van der Waals surface area contributed by atoms with E-state index in [1.807, 2.05) is 19.9 Å². The first-order valence-electron chi connectivity index (χ1n) is 5.39. The Morgan fingerprint density at radius 2 is 2.18 bits per heavy atom. The molecular weight excluding hydrogens is 282 g/mol. The lowest BCUT2D eigenvalue weighted by molar-refractivity contribution is 0.913. The van der Waals surface area contributed by atoms with Crippen LogP contribution in [0.25, 0.3) is 0 Å². The zero-order valence-corrected chi connectivity index (χ0v) is 11.4. The SMILES string of the molecule is Cc1nc(C)c(Br)c(NCCc2ccn[nH]2)n1. The van der Waals surface area contributed by atoms with Gasteiger partial charge in [-0.05, 0) is 35.8 Å². The molecule has 0 fully saturated rings. The number of hydrogen-bond donors (Lipinski definition) is 2. The molecule has 0 unspecified atom stereocenters. The Bertz CT molecular complexity index is 495. The highest BCUT2D eigenvalue weighted by molar-refractivity contribution is 9.10. The highest BCUT2D eigenvalue weighted by Gasteiger charge is 2.06. The van der Waals surface area contributed by atoms with Crippen LogP contribution in [-0.4, -0.2) is 26.7 Å². The van der Waals surface area contributed by atoms with E-state index < -0.39 is 0 Å². The molecule has 90 valence electrons. The van der Waals surface area contributed by atoms with Gasteiger partial charge in [0.25, 0.3) is 0 Å². The van der Waals surface area contributed by atoms with Crippen molar-refractivity contribution in [2.45, 2.75) is 20.3 Å². The number of halogens is 1. The summed E-state index contributed by atoms with van der Waals surface area (Å²) in [5.74, 6) is 1.62. The molecule has 0 spiro atoms. The summed E-state index contributed by atoms with van der Waals surface area (Å²) in [6.07, 6.45) is 2.64. The molecule has 2 heterocycles. The van der Waals surface area contributed by atoms with Crippen molar-refractivity contribution in [1.82, 2.24) is 20.2 Å². The summed E-state index contributed by atoms with van der Waals surface area (Å²) in [5.41, 5.74) is 2.05. The Labute approximate surface area is 108 Å². The lowest BCUT2D eigenvalue weighted by atomic mass is 10.3. The van der Waals surface area contributed by atoms with Crippen LogP contribution in [0, 0.1) is 13.8 Å². The second kappa shape index (κ2) is 5.27. The third-order valence-electron chi connectivity index (χ3n) is 2.37. The minimum atomic E-state index is 0.773. The van der Waals surface area contributed by atoms with Crippen LogP contribution in [-0.2, 0) is 6.42 Å². The van der Waals surface area contributed by atoms with Crippen molar-refractivity contribution in [1.29, 1.82) is 0 Å². The molecule has 5 nitrogen and oxygen atoms in total. The first-order valence-corrected chi connectivity index (χ1v) is 6.19. The number of rotatable bonds is 4. The summed E-state index contributed by atoms with van der Waals surface area (Å²) in [4.78, 5) is 8.64. The monoisotopic (exact) mass is 295 g/mol. The van der Waals surface area contributed by atoms with E-state index in [9.17, 15) is 0 Å². The number of nitrogens with zero attached hydrogens (tertiary/aromatic N) is 3. The van der Waals surface area contributed by atoms with Gasteiger partial charge >= 0.3 is 0 Å². The van der Waals surface area contributed by atoms with Gasteiger partial charge in [-0.15, -0.1) is 0 Å². The van der Waals surface area contributed by atoms with Crippen LogP contribution < -0.4 is 5.32 Å². The maximum atomic E-state index is 4.36. The zero-order valence-electron chi connectivity index (χ0n) is 9.79. The average Bonchev–Trinajstić information content (AvgIpc) is 2.78. The maximum Gasteiger partial charge on any atom is 0.144 e. The second-order valence-electron chi connectivity index (χ2n) is 3.78. The van der Waals surface area contributed by atoms with Crippen LogP contribution >= 0.6 is 15.9 Å². The molecule has 0 aliphatic rings. The van der Waals surface area contributed by atoms with E-state index in [-0.39, 0.29) is 0 Å². The van der Waals surface area contributed by atoms with Crippen molar-refractivity contribution >= 4 is 21.7 Å². The maximum absolute atomic E-state index is 4.36. The van der Waals surface area contributed by atoms with Crippen molar-refractivity contribution < 1.29 is 0 Å². The third kappa shape index (κ3) is 3.03. The summed E-state index contributed by atoms with van der Waals surface area (Å²) in [5, 5.41) is 10.1. The molecule has 2 N–H and O–H groups in total. The van der Waals surface area contributed by atoms with Gasteiger partial charge in [-0.1, -0.05) is 0 Å². The van der Waals surface area contributed by atoms with Gasteiger partial charge in [-0.3, -0.25) is 5.10 Å². The molecule has 0 aromatic carbocycles. The van der Waals surface area contributed by atoms with Crippen LogP contribution in [0.3, 0.4) is 0 Å². The minimum absolute atomic E-state index is 0.773.